The van der Waals surface area contributed by atoms with Gasteiger partial charge in [-0.15, -0.1) is 0 Å². The number of guanidine groups is 2. The van der Waals surface area contributed by atoms with Gasteiger partial charge >= 0.3 is 0 Å². The van der Waals surface area contributed by atoms with Crippen molar-refractivity contribution in [3.63, 3.8) is 0 Å². The van der Waals surface area contributed by atoms with Crippen LogP contribution in [0.1, 0.15) is 117 Å². The Morgan fingerprint density at radius 1 is 0.495 bits per heavy atom. The first kappa shape index (κ1) is 88.7. The summed E-state index contributed by atoms with van der Waals surface area (Å²) >= 11 is 0. The average Bonchev–Trinajstić information content (AvgIpc) is 1.82. The highest BCUT2D eigenvalue weighted by atomic mass is 16.3. The molecule has 103 heavy (non-hydrogen) atoms. The SMILES string of the molecule is CC(N)C(=O)NC(CCCCN)C(=O)NC(CCCN=C(N)N)C(=O)N1CCCC1C(=O)NC(CCC(N)=O)C(=O)NC(CCCN=C(N)N)C(=O)NC(C)C(=O)NC(C(=O)NC(CO)C(=O)NC(CC(N)=O)C(=O)NC(C(=O)NC(Cc1ccccc1)C(=O)NC(CO)C(N)=O)C(C)C)C(C)O. The molecule has 0 bridgehead atoms. The summed E-state index contributed by atoms with van der Waals surface area (Å²) in [6.45, 7) is 4.73. The number of nitrogens with zero attached hydrogens (tertiary/aromatic N) is 3. The number of hydrogen-bond donors (Lipinski definition) is 23. The maximum atomic E-state index is 14.5. The van der Waals surface area contributed by atoms with Gasteiger partial charge in [-0.3, -0.25) is 81.9 Å². The molecule has 14 unspecified atom stereocenters. The van der Waals surface area contributed by atoms with Crippen molar-refractivity contribution in [1.82, 2.24) is 63.4 Å². The number of likely N-dealkylation sites (tertiary alicyclic amines) is 1. The van der Waals surface area contributed by atoms with Crippen LogP contribution in [-0.4, -0.2) is 245 Å². The Bertz CT molecular complexity index is 3130. The number of carbonyl (C=O) groups is 15. The number of hydrogen-bond acceptors (Lipinski definition) is 22. The van der Waals surface area contributed by atoms with Gasteiger partial charge in [-0.05, 0) is 103 Å². The van der Waals surface area contributed by atoms with Crippen molar-refractivity contribution in [1.29, 1.82) is 0 Å². The molecule has 1 aromatic carbocycles. The van der Waals surface area contributed by atoms with Crippen LogP contribution >= 0.6 is 0 Å². The van der Waals surface area contributed by atoms with E-state index in [1.165, 1.54) is 25.7 Å². The molecule has 1 aromatic rings. The summed E-state index contributed by atoms with van der Waals surface area (Å²) < 4.78 is 0. The van der Waals surface area contributed by atoms with Crippen LogP contribution in [0, 0.1) is 5.92 Å². The minimum Gasteiger partial charge on any atom is -0.394 e. The molecule has 1 aliphatic rings. The van der Waals surface area contributed by atoms with E-state index in [4.69, 9.17) is 51.6 Å². The number of aliphatic imine (C=N–C) groups is 2. The highest BCUT2D eigenvalue weighted by Gasteiger charge is 2.41. The van der Waals surface area contributed by atoms with Crippen LogP contribution in [0.3, 0.4) is 0 Å². The summed E-state index contributed by atoms with van der Waals surface area (Å²) in [5, 5.41) is 57.1. The minimum atomic E-state index is -2.00. The van der Waals surface area contributed by atoms with Crippen LogP contribution in [0.5, 0.6) is 0 Å². The second-order valence-electron chi connectivity index (χ2n) is 25.0. The van der Waals surface area contributed by atoms with E-state index in [1.807, 2.05) is 0 Å². The quantitative estimate of drug-likeness (QED) is 0.0164. The van der Waals surface area contributed by atoms with Gasteiger partial charge in [0.2, 0.25) is 88.6 Å². The van der Waals surface area contributed by atoms with Gasteiger partial charge < -0.3 is 130 Å². The molecular weight excluding hydrogens is 1350 g/mol. The Hall–Kier alpha value is -10.4. The predicted molar refractivity (Wildman–Crippen MR) is 370 cm³/mol. The molecule has 0 saturated carbocycles. The van der Waals surface area contributed by atoms with Crippen molar-refractivity contribution in [3.05, 3.63) is 35.9 Å². The zero-order chi connectivity index (χ0) is 77.8. The third-order valence-corrected chi connectivity index (χ3v) is 16.0. The van der Waals surface area contributed by atoms with Gasteiger partial charge in [0, 0.05) is 32.5 Å². The van der Waals surface area contributed by atoms with Crippen LogP contribution in [0.25, 0.3) is 0 Å². The summed E-state index contributed by atoms with van der Waals surface area (Å²) in [5.74, 6) is -16.5. The van der Waals surface area contributed by atoms with Crippen LogP contribution in [0.15, 0.2) is 40.3 Å². The van der Waals surface area contributed by atoms with Gasteiger partial charge in [0.05, 0.1) is 31.8 Å². The van der Waals surface area contributed by atoms with Crippen molar-refractivity contribution in [2.24, 2.45) is 67.5 Å². The number of nitrogens with two attached hydrogens (primary N) is 9. The Morgan fingerprint density at radius 2 is 0.951 bits per heavy atom. The van der Waals surface area contributed by atoms with E-state index in [0.717, 1.165) is 13.8 Å². The van der Waals surface area contributed by atoms with Gasteiger partial charge in [0.25, 0.3) is 0 Å². The number of aliphatic hydroxyl groups is 3. The Labute approximate surface area is 594 Å². The van der Waals surface area contributed by atoms with Crippen molar-refractivity contribution in [2.45, 2.75) is 203 Å². The monoisotopic (exact) mass is 1460 g/mol. The molecule has 0 aromatic heterocycles. The lowest BCUT2D eigenvalue weighted by Gasteiger charge is -2.31. The summed E-state index contributed by atoms with van der Waals surface area (Å²) in [4.78, 5) is 212. The maximum absolute atomic E-state index is 14.5. The number of primary amides is 3. The number of rotatable bonds is 47. The fraction of sp³-hybridized carbons (Fsp3) is 0.629. The molecule has 41 nitrogen and oxygen atoms in total. The number of carbonyl (C=O) groups excluding carboxylic acids is 15. The standard InChI is InChI=1S/C62H105N23O18/c1-30(2)46(58(101)80-39(26-34-14-7-6-8-15-34)54(97)81-41(28-86)48(67)91)83-55(98)40(27-45(66)90)79-56(99)42(29-87)82-59(102)47(33(5)88)84-50(93)32(4)74-51(94)36(17-11-23-72-61(68)69)76-53(96)37(20-21-44(65)89)77-57(100)43-19-13-25-85(43)60(103)38(18-12-24-73-62(70)71)78-52(95)35(16-9-10-22-63)75-49(92)31(3)64/h6-8,14-15,30-33,35-43,46-47,86-88H,9-13,16-29,63-64H2,1-5H3,(H2,65,89)(H2,66,90)(H2,67,91)(H,74,94)(H,75,92)(H,76,96)(H,77,100)(H,78,95)(H,79,99)(H,80,101)(H,81,97)(H,82,102)(H,83,98)(H,84,93)(H4,68,69,72)(H4,70,71,73). The Balaban J connectivity index is 2.39. The number of unbranched alkanes of at least 4 members (excludes halogenated alkanes) is 1. The molecule has 1 heterocycles. The zero-order valence-electron chi connectivity index (χ0n) is 58.5. The lowest BCUT2D eigenvalue weighted by atomic mass is 10.00. The van der Waals surface area contributed by atoms with Crippen molar-refractivity contribution < 1.29 is 87.2 Å². The summed E-state index contributed by atoms with van der Waals surface area (Å²) in [6, 6.07) is -11.7. The molecule has 41 heteroatoms. The molecule has 576 valence electrons. The number of aliphatic hydroxyl groups excluding tert-OH is 3. The van der Waals surface area contributed by atoms with Gasteiger partial charge in [-0.2, -0.15) is 0 Å². The number of benzene rings is 1. The fourth-order valence-electron chi connectivity index (χ4n) is 10.3. The fourth-order valence-corrected chi connectivity index (χ4v) is 10.3. The first-order valence-electron chi connectivity index (χ1n) is 33.5. The summed E-state index contributed by atoms with van der Waals surface area (Å²) in [5.41, 5.74) is 50.2. The first-order valence-corrected chi connectivity index (χ1v) is 33.5. The zero-order valence-corrected chi connectivity index (χ0v) is 58.5. The van der Waals surface area contributed by atoms with E-state index >= 15 is 0 Å². The van der Waals surface area contributed by atoms with Crippen molar-refractivity contribution >= 4 is 101 Å². The molecular formula is C62H105N23O18. The van der Waals surface area contributed by atoms with Crippen LogP contribution in [-0.2, 0) is 78.3 Å². The normalized spacial score (nSPS) is 16.3. The maximum Gasteiger partial charge on any atom is 0.245 e. The smallest absolute Gasteiger partial charge is 0.245 e. The van der Waals surface area contributed by atoms with E-state index < -0.39 is 212 Å². The van der Waals surface area contributed by atoms with Gasteiger partial charge in [-0.25, -0.2) is 0 Å². The summed E-state index contributed by atoms with van der Waals surface area (Å²) in [6.07, 6.45) is -2.59. The predicted octanol–water partition coefficient (Wildman–Crippen LogP) is -11.2. The lowest BCUT2D eigenvalue weighted by molar-refractivity contribution is -0.142. The molecule has 14 atom stereocenters. The van der Waals surface area contributed by atoms with Gasteiger partial charge in [0.1, 0.15) is 72.5 Å². The topological polar surface area (TPSA) is 711 Å². The highest BCUT2D eigenvalue weighted by molar-refractivity contribution is 6.01. The van der Waals surface area contributed by atoms with Crippen LogP contribution in [0.2, 0.25) is 0 Å². The molecule has 1 aliphatic heterocycles. The third kappa shape index (κ3) is 32.0. The molecule has 2 rings (SSSR count). The van der Waals surface area contributed by atoms with Gasteiger partial charge in [-0.1, -0.05) is 44.2 Å². The van der Waals surface area contributed by atoms with Crippen molar-refractivity contribution in [2.75, 3.05) is 39.4 Å². The van der Waals surface area contributed by atoms with E-state index in [0.29, 0.717) is 24.9 Å². The Morgan fingerprint density at radius 3 is 1.47 bits per heavy atom. The van der Waals surface area contributed by atoms with Gasteiger partial charge in [0.15, 0.2) is 11.9 Å². The van der Waals surface area contributed by atoms with E-state index in [1.54, 1.807) is 30.3 Å². The Kier molecular flexibility index (Phi) is 39.2. The molecule has 1 fully saturated rings. The van der Waals surface area contributed by atoms with E-state index in [2.05, 4.69) is 68.5 Å². The second-order valence-corrected chi connectivity index (χ2v) is 25.0. The van der Waals surface area contributed by atoms with Crippen LogP contribution < -0.4 is 110 Å². The third-order valence-electron chi connectivity index (χ3n) is 16.0. The minimum absolute atomic E-state index is 0.00102. The number of nitrogens with one attached hydrogen (secondary N) is 11. The average molecular weight is 1460 g/mol. The van der Waals surface area contributed by atoms with E-state index in [9.17, 15) is 87.2 Å². The molecule has 0 spiro atoms. The molecule has 0 radical (unpaired) electrons. The molecule has 1 saturated heterocycles. The molecule has 15 amide bonds. The molecule has 0 aliphatic carbocycles. The first-order chi connectivity index (χ1) is 48.5. The van der Waals surface area contributed by atoms with Crippen LogP contribution in [0.4, 0.5) is 0 Å². The van der Waals surface area contributed by atoms with E-state index in [-0.39, 0.29) is 82.9 Å². The summed E-state index contributed by atoms with van der Waals surface area (Å²) in [7, 11) is 0. The molecule has 32 N–H and O–H groups in total. The lowest BCUT2D eigenvalue weighted by Crippen LogP contribution is -2.62. The largest absolute Gasteiger partial charge is 0.394 e. The second kappa shape index (κ2) is 45.5. The van der Waals surface area contributed by atoms with Crippen molar-refractivity contribution in [3.8, 4) is 0 Å². The number of amides is 15. The highest BCUT2D eigenvalue weighted by Crippen LogP contribution is 2.21.